The molecule has 0 unspecified atom stereocenters. The molecule has 2 aliphatic carbocycles. The monoisotopic (exact) mass is 426 g/mol. The number of anilines is 1. The van der Waals surface area contributed by atoms with Gasteiger partial charge in [-0.15, -0.1) is 5.10 Å². The van der Waals surface area contributed by atoms with Gasteiger partial charge in [0.15, 0.2) is 5.78 Å². The lowest BCUT2D eigenvalue weighted by Gasteiger charge is -2.33. The fourth-order valence-electron chi connectivity index (χ4n) is 4.81. The largest absolute Gasteiger partial charge is 0.495 e. The molecule has 7 nitrogen and oxygen atoms in total. The molecule has 158 valence electrons. The normalized spacial score (nSPS) is 23.2. The fraction of sp³-hybridized carbons (Fsp3) is 0.500. The number of thioether (sulfide) groups is 1. The first-order chi connectivity index (χ1) is 14.2. The van der Waals surface area contributed by atoms with E-state index in [1.54, 1.807) is 18.2 Å². The maximum absolute atomic E-state index is 12.7. The molecular formula is C22H26N4O3S. The molecule has 2 aromatic rings. The average Bonchev–Trinajstić information content (AvgIpc) is 3.04. The van der Waals surface area contributed by atoms with Crippen molar-refractivity contribution in [1.82, 2.24) is 15.2 Å². The highest BCUT2D eigenvalue weighted by molar-refractivity contribution is 7.99. The summed E-state index contributed by atoms with van der Waals surface area (Å²) in [5.41, 5.74) is 3.17. The number of aromatic nitrogens is 3. The highest BCUT2D eigenvalue weighted by Crippen LogP contribution is 2.66. The Kier molecular flexibility index (Phi) is 5.08. The SMILES string of the molecule is COc1ccc(C(=O)CSc2nnc3c(n2)[C@]2(C)CC[C@H]3C2(C)C)cc1NC(C)=O. The van der Waals surface area contributed by atoms with Gasteiger partial charge in [0.05, 0.1) is 29.9 Å². The van der Waals surface area contributed by atoms with Gasteiger partial charge in [-0.3, -0.25) is 9.59 Å². The summed E-state index contributed by atoms with van der Waals surface area (Å²) >= 11 is 1.29. The predicted molar refractivity (Wildman–Crippen MR) is 115 cm³/mol. The molecule has 1 amide bonds. The van der Waals surface area contributed by atoms with Gasteiger partial charge in [-0.25, -0.2) is 4.98 Å². The molecule has 2 atom stereocenters. The van der Waals surface area contributed by atoms with Crippen molar-refractivity contribution in [2.45, 2.75) is 57.0 Å². The van der Waals surface area contributed by atoms with Gasteiger partial charge >= 0.3 is 0 Å². The number of carbonyl (C=O) groups is 2. The van der Waals surface area contributed by atoms with Crippen LogP contribution >= 0.6 is 11.8 Å². The van der Waals surface area contributed by atoms with Gasteiger partial charge in [0, 0.05) is 23.8 Å². The zero-order valence-corrected chi connectivity index (χ0v) is 18.7. The van der Waals surface area contributed by atoms with Gasteiger partial charge in [-0.2, -0.15) is 5.10 Å². The quantitative estimate of drug-likeness (QED) is 0.551. The first-order valence-corrected chi connectivity index (χ1v) is 11.0. The number of ketones is 1. The van der Waals surface area contributed by atoms with Crippen molar-refractivity contribution in [3.8, 4) is 5.75 Å². The second kappa shape index (κ2) is 7.34. The second-order valence-electron chi connectivity index (χ2n) is 8.78. The molecule has 2 bridgehead atoms. The highest BCUT2D eigenvalue weighted by atomic mass is 32.2. The summed E-state index contributed by atoms with van der Waals surface area (Å²) in [6.07, 6.45) is 2.24. The summed E-state index contributed by atoms with van der Waals surface area (Å²) in [5, 5.41) is 12.0. The van der Waals surface area contributed by atoms with E-state index in [4.69, 9.17) is 9.72 Å². The smallest absolute Gasteiger partial charge is 0.221 e. The van der Waals surface area contributed by atoms with Crippen LogP contribution in [0.25, 0.3) is 0 Å². The Balaban J connectivity index is 1.50. The molecule has 1 aromatic heterocycles. The lowest BCUT2D eigenvalue weighted by molar-refractivity contribution is -0.114. The third kappa shape index (κ3) is 3.17. The first-order valence-electron chi connectivity index (χ1n) is 10.0. The molecule has 0 radical (unpaired) electrons. The van der Waals surface area contributed by atoms with Crippen molar-refractivity contribution in [3.05, 3.63) is 35.2 Å². The molecule has 8 heteroatoms. The molecule has 2 aliphatic rings. The lowest BCUT2D eigenvalue weighted by Crippen LogP contribution is -2.32. The van der Waals surface area contributed by atoms with E-state index < -0.39 is 0 Å². The number of hydrogen-bond donors (Lipinski definition) is 1. The van der Waals surface area contributed by atoms with E-state index in [0.29, 0.717) is 28.1 Å². The molecule has 30 heavy (non-hydrogen) atoms. The van der Waals surface area contributed by atoms with E-state index in [9.17, 15) is 9.59 Å². The van der Waals surface area contributed by atoms with Crippen molar-refractivity contribution in [2.75, 3.05) is 18.2 Å². The molecule has 0 spiro atoms. The summed E-state index contributed by atoms with van der Waals surface area (Å²) in [6, 6.07) is 5.00. The van der Waals surface area contributed by atoms with Crippen molar-refractivity contribution in [1.29, 1.82) is 0 Å². The van der Waals surface area contributed by atoms with Crippen molar-refractivity contribution in [2.24, 2.45) is 5.41 Å². The number of nitrogens with one attached hydrogen (secondary N) is 1. The summed E-state index contributed by atoms with van der Waals surface area (Å²) < 4.78 is 5.24. The van der Waals surface area contributed by atoms with Crippen LogP contribution in [0.5, 0.6) is 5.75 Å². The van der Waals surface area contributed by atoms with Crippen molar-refractivity contribution < 1.29 is 14.3 Å². The number of ether oxygens (including phenoxy) is 1. The van der Waals surface area contributed by atoms with Gasteiger partial charge in [-0.1, -0.05) is 32.5 Å². The van der Waals surface area contributed by atoms with Crippen LogP contribution in [-0.4, -0.2) is 39.7 Å². The summed E-state index contributed by atoms with van der Waals surface area (Å²) in [4.78, 5) is 29.0. The van der Waals surface area contributed by atoms with Gasteiger partial charge in [0.1, 0.15) is 5.75 Å². The lowest BCUT2D eigenvalue weighted by atomic mass is 9.70. The topological polar surface area (TPSA) is 94.1 Å². The maximum atomic E-state index is 12.7. The molecule has 1 aromatic carbocycles. The average molecular weight is 427 g/mol. The molecule has 1 fully saturated rings. The van der Waals surface area contributed by atoms with Crippen LogP contribution < -0.4 is 10.1 Å². The minimum atomic E-state index is -0.226. The number of rotatable bonds is 6. The van der Waals surface area contributed by atoms with Gasteiger partial charge in [-0.05, 0) is 36.5 Å². The fourth-order valence-corrected chi connectivity index (χ4v) is 5.49. The summed E-state index contributed by atoms with van der Waals surface area (Å²) in [7, 11) is 1.52. The molecule has 0 aliphatic heterocycles. The van der Waals surface area contributed by atoms with Crippen molar-refractivity contribution in [3.63, 3.8) is 0 Å². The zero-order valence-electron chi connectivity index (χ0n) is 17.9. The van der Waals surface area contributed by atoms with E-state index in [2.05, 4.69) is 36.3 Å². The zero-order chi connectivity index (χ0) is 21.7. The number of benzene rings is 1. The summed E-state index contributed by atoms with van der Waals surface area (Å²) in [5.74, 6) is 0.800. The van der Waals surface area contributed by atoms with Gasteiger partial charge in [0.25, 0.3) is 0 Å². The van der Waals surface area contributed by atoms with Crippen LogP contribution in [0.1, 0.15) is 68.2 Å². The Hall–Kier alpha value is -2.48. The van der Waals surface area contributed by atoms with Crippen molar-refractivity contribution >= 4 is 29.1 Å². The van der Waals surface area contributed by atoms with Crippen LogP contribution in [0.4, 0.5) is 5.69 Å². The van der Waals surface area contributed by atoms with Crippen LogP contribution in [-0.2, 0) is 10.2 Å². The van der Waals surface area contributed by atoms with Crippen LogP contribution in [0.2, 0.25) is 0 Å². The second-order valence-corrected chi connectivity index (χ2v) is 9.72. The number of methoxy groups -OCH3 is 1. The molecule has 4 rings (SSSR count). The Morgan fingerprint density at radius 3 is 2.73 bits per heavy atom. The molecule has 1 N–H and O–H groups in total. The Bertz CT molecular complexity index is 1040. The third-order valence-electron chi connectivity index (χ3n) is 6.94. The number of carbonyl (C=O) groups excluding carboxylic acids is 2. The first kappa shape index (κ1) is 20.8. The number of hydrogen-bond acceptors (Lipinski definition) is 7. The van der Waals surface area contributed by atoms with E-state index >= 15 is 0 Å². The standard InChI is InChI=1S/C22H26N4O3S/c1-12(27)23-15-10-13(6-7-17(15)29-5)16(28)11-30-20-24-19-18(25-26-20)14-8-9-22(19,4)21(14,2)3/h6-7,10,14H,8-9,11H2,1-5H3,(H,23,27)/t14-,22+/m1/s1. The number of amides is 1. The minimum Gasteiger partial charge on any atom is -0.495 e. The molecule has 1 heterocycles. The Morgan fingerprint density at radius 2 is 2.03 bits per heavy atom. The highest BCUT2D eigenvalue weighted by Gasteiger charge is 2.61. The van der Waals surface area contributed by atoms with Crippen LogP contribution in [0, 0.1) is 5.41 Å². The van der Waals surface area contributed by atoms with Gasteiger partial charge < -0.3 is 10.1 Å². The third-order valence-corrected chi connectivity index (χ3v) is 7.77. The van der Waals surface area contributed by atoms with Gasteiger partial charge in [0.2, 0.25) is 11.1 Å². The van der Waals surface area contributed by atoms with Crippen LogP contribution in [0.3, 0.4) is 0 Å². The number of Topliss-reactive ketones (excluding diaryl/α,β-unsaturated/α-hetero) is 1. The Morgan fingerprint density at radius 1 is 1.27 bits per heavy atom. The molecule has 0 saturated heterocycles. The minimum absolute atomic E-state index is 0.00546. The molecule has 1 saturated carbocycles. The summed E-state index contributed by atoms with van der Waals surface area (Å²) in [6.45, 7) is 8.27. The maximum Gasteiger partial charge on any atom is 0.221 e. The predicted octanol–water partition coefficient (Wildman–Crippen LogP) is 3.99. The van der Waals surface area contributed by atoms with E-state index in [-0.39, 0.29) is 28.3 Å². The number of fused-ring (bicyclic) bond motifs is 5. The van der Waals surface area contributed by atoms with Crippen LogP contribution in [0.15, 0.2) is 23.4 Å². The Labute approximate surface area is 180 Å². The van der Waals surface area contributed by atoms with E-state index in [1.807, 2.05) is 0 Å². The van der Waals surface area contributed by atoms with E-state index in [1.165, 1.54) is 25.8 Å². The number of nitrogens with zero attached hydrogens (tertiary/aromatic N) is 3. The van der Waals surface area contributed by atoms with E-state index in [0.717, 1.165) is 24.2 Å². The molecular weight excluding hydrogens is 400 g/mol.